The number of rotatable bonds is 4. The highest BCUT2D eigenvalue weighted by atomic mass is 35.5. The van der Waals surface area contributed by atoms with Crippen LogP contribution < -0.4 is 4.90 Å². The minimum absolute atomic E-state index is 0.148. The van der Waals surface area contributed by atoms with E-state index in [9.17, 15) is 9.59 Å². The number of ether oxygens (including phenoxy) is 1. The molecular formula is C13H16ClNO3. The van der Waals surface area contributed by atoms with Crippen LogP contribution in [0, 0.1) is 0 Å². The van der Waals surface area contributed by atoms with Gasteiger partial charge < -0.3 is 4.74 Å². The summed E-state index contributed by atoms with van der Waals surface area (Å²) in [5, 5.41) is -0.623. The van der Waals surface area contributed by atoms with Crippen LogP contribution in [0.25, 0.3) is 0 Å². The molecule has 0 aromatic heterocycles. The SMILES string of the molecule is CCOC(=O)c1ccccc1N(C(=O)Cl)C(C)C. The maximum Gasteiger partial charge on any atom is 0.340 e. The molecule has 4 nitrogen and oxygen atoms in total. The third-order valence-electron chi connectivity index (χ3n) is 2.36. The van der Waals surface area contributed by atoms with Gasteiger partial charge in [-0.15, -0.1) is 0 Å². The largest absolute Gasteiger partial charge is 0.462 e. The molecule has 1 amide bonds. The quantitative estimate of drug-likeness (QED) is 0.478. The van der Waals surface area contributed by atoms with Gasteiger partial charge in [0.25, 0.3) is 0 Å². The molecular weight excluding hydrogens is 254 g/mol. The molecule has 0 heterocycles. The van der Waals surface area contributed by atoms with Gasteiger partial charge in [-0.1, -0.05) is 12.1 Å². The van der Waals surface area contributed by atoms with Crippen molar-refractivity contribution in [1.82, 2.24) is 0 Å². The fraction of sp³-hybridized carbons (Fsp3) is 0.385. The van der Waals surface area contributed by atoms with Crippen molar-refractivity contribution in [3.05, 3.63) is 29.8 Å². The Morgan fingerprint density at radius 2 is 1.94 bits per heavy atom. The molecule has 0 spiro atoms. The second-order valence-corrected chi connectivity index (χ2v) is 4.28. The number of carbonyl (C=O) groups is 2. The summed E-state index contributed by atoms with van der Waals surface area (Å²) in [6.07, 6.45) is 0. The van der Waals surface area contributed by atoms with Gasteiger partial charge in [-0.2, -0.15) is 0 Å². The van der Waals surface area contributed by atoms with Gasteiger partial charge in [0.05, 0.1) is 17.9 Å². The van der Waals surface area contributed by atoms with Crippen LogP contribution in [-0.4, -0.2) is 24.0 Å². The number of esters is 1. The van der Waals surface area contributed by atoms with Gasteiger partial charge in [0.2, 0.25) is 0 Å². The maximum atomic E-state index is 11.8. The zero-order valence-corrected chi connectivity index (χ0v) is 11.4. The monoisotopic (exact) mass is 269 g/mol. The number of nitrogens with zero attached hydrogens (tertiary/aromatic N) is 1. The molecule has 0 bridgehead atoms. The highest BCUT2D eigenvalue weighted by molar-refractivity contribution is 6.66. The number of halogens is 1. The van der Waals surface area contributed by atoms with Gasteiger partial charge in [0.1, 0.15) is 0 Å². The third kappa shape index (κ3) is 3.23. The summed E-state index contributed by atoms with van der Waals surface area (Å²) in [5.74, 6) is -0.461. The van der Waals surface area contributed by atoms with E-state index in [1.54, 1.807) is 31.2 Å². The topological polar surface area (TPSA) is 46.6 Å². The van der Waals surface area contributed by atoms with Crippen LogP contribution >= 0.6 is 11.6 Å². The van der Waals surface area contributed by atoms with Gasteiger partial charge in [-0.3, -0.25) is 9.69 Å². The van der Waals surface area contributed by atoms with Crippen LogP contribution in [0.3, 0.4) is 0 Å². The summed E-state index contributed by atoms with van der Waals surface area (Å²) < 4.78 is 4.96. The number of amides is 1. The zero-order chi connectivity index (χ0) is 13.7. The van der Waals surface area contributed by atoms with Crippen LogP contribution in [0.4, 0.5) is 10.5 Å². The van der Waals surface area contributed by atoms with Crippen LogP contribution in [-0.2, 0) is 4.74 Å². The lowest BCUT2D eigenvalue weighted by molar-refractivity contribution is 0.0527. The highest BCUT2D eigenvalue weighted by Gasteiger charge is 2.23. The van der Waals surface area contributed by atoms with Gasteiger partial charge >= 0.3 is 11.3 Å². The summed E-state index contributed by atoms with van der Waals surface area (Å²) in [7, 11) is 0. The van der Waals surface area contributed by atoms with Crippen LogP contribution in [0.2, 0.25) is 0 Å². The van der Waals surface area contributed by atoms with E-state index in [1.807, 2.05) is 13.8 Å². The Morgan fingerprint density at radius 1 is 1.33 bits per heavy atom. The molecule has 98 valence electrons. The summed E-state index contributed by atoms with van der Waals surface area (Å²) in [4.78, 5) is 24.6. The van der Waals surface area contributed by atoms with E-state index in [0.717, 1.165) is 0 Å². The molecule has 0 saturated carbocycles. The molecule has 0 N–H and O–H groups in total. The Kier molecular flexibility index (Phi) is 5.16. The predicted octanol–water partition coefficient (Wildman–Crippen LogP) is 3.44. The van der Waals surface area contributed by atoms with Crippen molar-refractivity contribution >= 4 is 28.6 Å². The van der Waals surface area contributed by atoms with Crippen molar-refractivity contribution in [2.24, 2.45) is 0 Å². The molecule has 1 rings (SSSR count). The van der Waals surface area contributed by atoms with Gasteiger partial charge in [-0.25, -0.2) is 4.79 Å². The molecule has 1 aromatic carbocycles. The molecule has 0 radical (unpaired) electrons. The highest BCUT2D eigenvalue weighted by Crippen LogP contribution is 2.24. The van der Waals surface area contributed by atoms with Crippen molar-refractivity contribution < 1.29 is 14.3 Å². The van der Waals surface area contributed by atoms with Crippen molar-refractivity contribution in [3.8, 4) is 0 Å². The maximum absolute atomic E-state index is 11.8. The van der Waals surface area contributed by atoms with Gasteiger partial charge in [0.15, 0.2) is 0 Å². The van der Waals surface area contributed by atoms with Gasteiger partial charge in [0, 0.05) is 6.04 Å². The molecule has 1 aromatic rings. The van der Waals surface area contributed by atoms with Crippen LogP contribution in [0.15, 0.2) is 24.3 Å². The van der Waals surface area contributed by atoms with Gasteiger partial charge in [-0.05, 0) is 44.5 Å². The van der Waals surface area contributed by atoms with Crippen LogP contribution in [0.1, 0.15) is 31.1 Å². The lowest BCUT2D eigenvalue weighted by Crippen LogP contribution is -2.34. The summed E-state index contributed by atoms with van der Waals surface area (Å²) >= 11 is 5.56. The Labute approximate surface area is 111 Å². The Bertz CT molecular complexity index is 446. The molecule has 0 fully saturated rings. The lowest BCUT2D eigenvalue weighted by atomic mass is 10.1. The summed E-state index contributed by atoms with van der Waals surface area (Å²) in [6, 6.07) is 6.60. The number of hydrogen-bond acceptors (Lipinski definition) is 3. The van der Waals surface area contributed by atoms with Crippen molar-refractivity contribution in [1.29, 1.82) is 0 Å². The molecule has 0 aliphatic carbocycles. The molecule has 0 unspecified atom stereocenters. The average Bonchev–Trinajstić information content (AvgIpc) is 2.29. The predicted molar refractivity (Wildman–Crippen MR) is 71.3 cm³/mol. The first kappa shape index (κ1) is 14.5. The molecule has 0 aliphatic rings. The average molecular weight is 270 g/mol. The fourth-order valence-electron chi connectivity index (χ4n) is 1.64. The van der Waals surface area contributed by atoms with Crippen LogP contribution in [0.5, 0.6) is 0 Å². The minimum atomic E-state index is -0.623. The number of para-hydroxylation sites is 1. The molecule has 0 aliphatic heterocycles. The van der Waals surface area contributed by atoms with E-state index < -0.39 is 11.3 Å². The number of carbonyl (C=O) groups excluding carboxylic acids is 2. The Morgan fingerprint density at radius 3 is 2.44 bits per heavy atom. The molecule has 5 heteroatoms. The Hall–Kier alpha value is -1.55. The second kappa shape index (κ2) is 6.40. The van der Waals surface area contributed by atoms with E-state index in [1.165, 1.54) is 4.90 Å². The number of hydrogen-bond donors (Lipinski definition) is 0. The van der Waals surface area contributed by atoms with Crippen molar-refractivity contribution in [2.45, 2.75) is 26.8 Å². The van der Waals surface area contributed by atoms with E-state index in [0.29, 0.717) is 11.3 Å². The fourth-order valence-corrected chi connectivity index (χ4v) is 1.93. The number of anilines is 1. The molecule has 0 atom stereocenters. The van der Waals surface area contributed by atoms with Crippen molar-refractivity contribution in [3.63, 3.8) is 0 Å². The summed E-state index contributed by atoms with van der Waals surface area (Å²) in [6.45, 7) is 5.65. The molecule has 18 heavy (non-hydrogen) atoms. The zero-order valence-electron chi connectivity index (χ0n) is 10.6. The number of benzene rings is 1. The second-order valence-electron chi connectivity index (χ2n) is 3.95. The standard InChI is InChI=1S/C13H16ClNO3/c1-4-18-12(16)10-7-5-6-8-11(10)15(9(2)3)13(14)17/h5-9H,4H2,1-3H3. The molecule has 0 saturated heterocycles. The first-order valence-corrected chi connectivity index (χ1v) is 6.11. The van der Waals surface area contributed by atoms with E-state index in [2.05, 4.69) is 0 Å². The van der Waals surface area contributed by atoms with Crippen molar-refractivity contribution in [2.75, 3.05) is 11.5 Å². The Balaban J connectivity index is 3.22. The third-order valence-corrected chi connectivity index (χ3v) is 2.55. The normalized spacial score (nSPS) is 10.3. The van der Waals surface area contributed by atoms with E-state index in [4.69, 9.17) is 16.3 Å². The van der Waals surface area contributed by atoms with E-state index in [-0.39, 0.29) is 12.6 Å². The first-order chi connectivity index (χ1) is 8.49. The minimum Gasteiger partial charge on any atom is -0.462 e. The lowest BCUT2D eigenvalue weighted by Gasteiger charge is -2.25. The van der Waals surface area contributed by atoms with E-state index >= 15 is 0 Å². The summed E-state index contributed by atoms with van der Waals surface area (Å²) in [5.41, 5.74) is 0.799. The smallest absolute Gasteiger partial charge is 0.340 e. The first-order valence-electron chi connectivity index (χ1n) is 5.73.